The predicted octanol–water partition coefficient (Wildman–Crippen LogP) is 3.50. The normalized spacial score (nSPS) is 10.1. The maximum atomic E-state index is 13.0. The summed E-state index contributed by atoms with van der Waals surface area (Å²) in [4.78, 5) is 23.6. The first-order chi connectivity index (χ1) is 10.5. The maximum Gasteiger partial charge on any atom is 0.253 e. The average Bonchev–Trinajstić information content (AvgIpc) is 2.45. The van der Waals surface area contributed by atoms with Crippen LogP contribution in [-0.2, 0) is 4.79 Å². The van der Waals surface area contributed by atoms with Crippen molar-refractivity contribution < 1.29 is 14.0 Å². The Kier molecular flexibility index (Phi) is 5.35. The lowest BCUT2D eigenvalue weighted by atomic mass is 10.2. The highest BCUT2D eigenvalue weighted by Gasteiger charge is 2.12. The molecule has 4 nitrogen and oxygen atoms in total. The van der Waals surface area contributed by atoms with Crippen molar-refractivity contribution in [2.45, 2.75) is 0 Å². The second kappa shape index (κ2) is 7.24. The summed E-state index contributed by atoms with van der Waals surface area (Å²) in [5.74, 6) is -1.45. The largest absolute Gasteiger partial charge is 0.343 e. The molecule has 0 radical (unpaired) electrons. The van der Waals surface area contributed by atoms with Crippen molar-refractivity contribution >= 4 is 40.7 Å². The van der Waals surface area contributed by atoms with Gasteiger partial charge in [0.15, 0.2) is 0 Å². The Balaban J connectivity index is 1.92. The third-order valence-electron chi connectivity index (χ3n) is 2.69. The van der Waals surface area contributed by atoms with Crippen LogP contribution in [0.5, 0.6) is 0 Å². The summed E-state index contributed by atoms with van der Waals surface area (Å²) in [5, 5.41) is 5.49. The highest BCUT2D eigenvalue weighted by atomic mass is 35.5. The van der Waals surface area contributed by atoms with Crippen molar-refractivity contribution in [2.75, 3.05) is 11.9 Å². The van der Waals surface area contributed by atoms with E-state index < -0.39 is 17.6 Å². The predicted molar refractivity (Wildman–Crippen MR) is 83.8 cm³/mol. The van der Waals surface area contributed by atoms with E-state index in [0.717, 1.165) is 0 Å². The Labute approximate surface area is 136 Å². The van der Waals surface area contributed by atoms with Gasteiger partial charge in [0.1, 0.15) is 5.82 Å². The van der Waals surface area contributed by atoms with Gasteiger partial charge in [-0.1, -0.05) is 29.3 Å². The molecule has 22 heavy (non-hydrogen) atoms. The van der Waals surface area contributed by atoms with Gasteiger partial charge in [0, 0.05) is 10.7 Å². The number of carbonyl (C=O) groups is 2. The Bertz CT molecular complexity index is 722. The molecule has 2 amide bonds. The number of amides is 2. The molecule has 2 aromatic rings. The quantitative estimate of drug-likeness (QED) is 0.894. The monoisotopic (exact) mass is 340 g/mol. The molecule has 0 heterocycles. The van der Waals surface area contributed by atoms with Gasteiger partial charge in [0.2, 0.25) is 5.91 Å². The van der Waals surface area contributed by atoms with Gasteiger partial charge in [-0.05, 0) is 36.4 Å². The number of carbonyl (C=O) groups excluding carboxylic acids is 2. The lowest BCUT2D eigenvalue weighted by Gasteiger charge is -2.08. The van der Waals surface area contributed by atoms with Crippen molar-refractivity contribution in [1.82, 2.24) is 5.32 Å². The zero-order valence-electron chi connectivity index (χ0n) is 11.2. The van der Waals surface area contributed by atoms with Crippen LogP contribution < -0.4 is 10.6 Å². The summed E-state index contributed by atoms with van der Waals surface area (Å²) in [6, 6.07) is 9.87. The number of rotatable bonds is 4. The third-order valence-corrected chi connectivity index (χ3v) is 3.24. The molecule has 0 aromatic heterocycles. The van der Waals surface area contributed by atoms with E-state index in [1.807, 2.05) is 0 Å². The van der Waals surface area contributed by atoms with E-state index in [-0.39, 0.29) is 17.1 Å². The van der Waals surface area contributed by atoms with Crippen molar-refractivity contribution in [3.05, 3.63) is 63.9 Å². The minimum atomic E-state index is -0.504. The van der Waals surface area contributed by atoms with Crippen LogP contribution in [0.1, 0.15) is 10.4 Å². The first kappa shape index (κ1) is 16.3. The van der Waals surface area contributed by atoms with Crippen molar-refractivity contribution in [2.24, 2.45) is 0 Å². The number of hydrogen-bond donors (Lipinski definition) is 2. The fourth-order valence-corrected chi connectivity index (χ4v) is 2.20. The summed E-state index contributed by atoms with van der Waals surface area (Å²) in [6.07, 6.45) is 0. The van der Waals surface area contributed by atoms with E-state index in [2.05, 4.69) is 10.6 Å². The summed E-state index contributed by atoms with van der Waals surface area (Å²) in [5.41, 5.74) is 0.522. The summed E-state index contributed by atoms with van der Waals surface area (Å²) < 4.78 is 13.0. The van der Waals surface area contributed by atoms with Gasteiger partial charge < -0.3 is 10.6 Å². The Morgan fingerprint density at radius 3 is 2.55 bits per heavy atom. The standard InChI is InChI=1S/C15H11Cl2FN2O2/c16-9-4-5-12(13(17)6-9)15(22)19-8-14(21)20-11-3-1-2-10(18)7-11/h1-7H,8H2,(H,19,22)(H,20,21). The minimum absolute atomic E-state index is 0.190. The van der Waals surface area contributed by atoms with Gasteiger partial charge in [-0.15, -0.1) is 0 Å². The van der Waals surface area contributed by atoms with E-state index in [9.17, 15) is 14.0 Å². The number of benzene rings is 2. The first-order valence-corrected chi connectivity index (χ1v) is 7.00. The van der Waals surface area contributed by atoms with Crippen LogP contribution in [0.3, 0.4) is 0 Å². The van der Waals surface area contributed by atoms with Gasteiger partial charge >= 0.3 is 0 Å². The Hall–Kier alpha value is -2.11. The van der Waals surface area contributed by atoms with Crippen LogP contribution in [0.25, 0.3) is 0 Å². The van der Waals surface area contributed by atoms with Gasteiger partial charge in [-0.2, -0.15) is 0 Å². The number of halogens is 3. The summed E-state index contributed by atoms with van der Waals surface area (Å²) >= 11 is 11.6. The topological polar surface area (TPSA) is 58.2 Å². The average molecular weight is 341 g/mol. The van der Waals surface area contributed by atoms with Gasteiger partial charge in [0.25, 0.3) is 5.91 Å². The van der Waals surface area contributed by atoms with Crippen LogP contribution in [0.4, 0.5) is 10.1 Å². The van der Waals surface area contributed by atoms with Crippen LogP contribution in [-0.4, -0.2) is 18.4 Å². The first-order valence-electron chi connectivity index (χ1n) is 6.24. The number of hydrogen-bond acceptors (Lipinski definition) is 2. The fourth-order valence-electron chi connectivity index (χ4n) is 1.70. The summed E-state index contributed by atoms with van der Waals surface area (Å²) in [7, 11) is 0. The molecule has 0 saturated carbocycles. The molecule has 0 aliphatic heterocycles. The van der Waals surface area contributed by atoms with Gasteiger partial charge in [-0.25, -0.2) is 4.39 Å². The van der Waals surface area contributed by atoms with E-state index in [1.54, 1.807) is 6.07 Å². The lowest BCUT2D eigenvalue weighted by Crippen LogP contribution is -2.33. The highest BCUT2D eigenvalue weighted by molar-refractivity contribution is 6.36. The molecule has 7 heteroatoms. The lowest BCUT2D eigenvalue weighted by molar-refractivity contribution is -0.115. The van der Waals surface area contributed by atoms with Crippen LogP contribution in [0.15, 0.2) is 42.5 Å². The number of anilines is 1. The van der Waals surface area contributed by atoms with Crippen molar-refractivity contribution in [1.29, 1.82) is 0 Å². The SMILES string of the molecule is O=C(CNC(=O)c1ccc(Cl)cc1Cl)Nc1cccc(F)c1. The van der Waals surface area contributed by atoms with E-state index in [4.69, 9.17) is 23.2 Å². The molecule has 114 valence electrons. The molecule has 0 unspecified atom stereocenters. The second-order valence-electron chi connectivity index (χ2n) is 4.37. The van der Waals surface area contributed by atoms with Crippen molar-refractivity contribution in [3.63, 3.8) is 0 Å². The molecule has 0 aliphatic carbocycles. The van der Waals surface area contributed by atoms with Crippen LogP contribution in [0, 0.1) is 5.82 Å². The highest BCUT2D eigenvalue weighted by Crippen LogP contribution is 2.20. The Morgan fingerprint density at radius 2 is 1.86 bits per heavy atom. The van der Waals surface area contributed by atoms with Gasteiger partial charge in [-0.3, -0.25) is 9.59 Å². The molecule has 2 rings (SSSR count). The molecule has 0 spiro atoms. The van der Waals surface area contributed by atoms with E-state index >= 15 is 0 Å². The smallest absolute Gasteiger partial charge is 0.253 e. The molecule has 0 bridgehead atoms. The molecular weight excluding hydrogens is 330 g/mol. The third kappa shape index (κ3) is 4.44. The minimum Gasteiger partial charge on any atom is -0.343 e. The zero-order valence-corrected chi connectivity index (χ0v) is 12.7. The molecule has 0 atom stereocenters. The molecular formula is C15H11Cl2FN2O2. The van der Waals surface area contributed by atoms with Crippen LogP contribution in [0.2, 0.25) is 10.0 Å². The van der Waals surface area contributed by atoms with Gasteiger partial charge in [0.05, 0.1) is 17.1 Å². The zero-order chi connectivity index (χ0) is 16.1. The molecule has 0 aliphatic rings. The van der Waals surface area contributed by atoms with E-state index in [0.29, 0.717) is 10.7 Å². The fraction of sp³-hybridized carbons (Fsp3) is 0.0667. The molecule has 0 saturated heterocycles. The Morgan fingerprint density at radius 1 is 1.09 bits per heavy atom. The molecule has 2 N–H and O–H groups in total. The second-order valence-corrected chi connectivity index (χ2v) is 5.21. The molecule has 0 fully saturated rings. The molecule has 2 aromatic carbocycles. The van der Waals surface area contributed by atoms with Crippen molar-refractivity contribution in [3.8, 4) is 0 Å². The maximum absolute atomic E-state index is 13.0. The van der Waals surface area contributed by atoms with E-state index in [1.165, 1.54) is 36.4 Å². The summed E-state index contributed by atoms with van der Waals surface area (Å²) in [6.45, 7) is -0.270. The van der Waals surface area contributed by atoms with Crippen LogP contribution >= 0.6 is 23.2 Å². The number of nitrogens with one attached hydrogen (secondary N) is 2.